The normalized spacial score (nSPS) is 14.2. The van der Waals surface area contributed by atoms with Crippen LogP contribution in [0.2, 0.25) is 0 Å². The first-order valence-corrected chi connectivity index (χ1v) is 11.1. The first-order chi connectivity index (χ1) is 10.5. The number of amides is 1. The predicted octanol–water partition coefficient (Wildman–Crippen LogP) is 4.15. The van der Waals surface area contributed by atoms with E-state index in [0.717, 1.165) is 12.0 Å². The Morgan fingerprint density at radius 2 is 2.09 bits per heavy atom. The quantitative estimate of drug-likeness (QED) is 0.576. The molecule has 0 aliphatic heterocycles. The largest absolute Gasteiger partial charge is 0.443 e. The molecule has 0 fully saturated rings. The van der Waals surface area contributed by atoms with Gasteiger partial charge in [0, 0.05) is 5.69 Å². The number of aryl methyl sites for hydroxylation is 1. The lowest BCUT2D eigenvalue weighted by Crippen LogP contribution is -2.38. The van der Waals surface area contributed by atoms with E-state index in [4.69, 9.17) is 21.1 Å². The Labute approximate surface area is 148 Å². The summed E-state index contributed by atoms with van der Waals surface area (Å²) < 4.78 is 10.6. The van der Waals surface area contributed by atoms with Crippen molar-refractivity contribution in [3.8, 4) is 0 Å². The smallest absolute Gasteiger partial charge is 0.414 e. The number of carbonyl (C=O) groups excluding carboxylic acids is 1. The number of thiol groups is 1. The number of nitrogens with zero attached hydrogens (tertiary/aromatic N) is 1. The number of hydrogen-bond donors (Lipinski definition) is 2. The highest BCUT2D eigenvalue weighted by Crippen LogP contribution is 2.47. The molecular weight excluding hydrogens is 353 g/mol. The van der Waals surface area contributed by atoms with Crippen molar-refractivity contribution in [2.45, 2.75) is 39.7 Å². The maximum Gasteiger partial charge on any atom is 0.414 e. The molecule has 0 aromatic heterocycles. The Kier molecular flexibility index (Phi) is 7.55. The summed E-state index contributed by atoms with van der Waals surface area (Å²) in [4.78, 5) is 23.4. The van der Waals surface area contributed by atoms with Gasteiger partial charge in [0.15, 0.2) is 0 Å². The van der Waals surface area contributed by atoms with Crippen LogP contribution in [0.4, 0.5) is 10.5 Å². The number of rotatable bonds is 6. The van der Waals surface area contributed by atoms with E-state index >= 15 is 0 Å². The lowest BCUT2D eigenvalue weighted by atomic mass is 10.1. The highest BCUT2D eigenvalue weighted by molar-refractivity contribution is 8.59. The average molecular weight is 377 g/mol. The van der Waals surface area contributed by atoms with Crippen LogP contribution in [0.5, 0.6) is 0 Å². The average Bonchev–Trinajstić information content (AvgIpc) is 2.40. The summed E-state index contributed by atoms with van der Waals surface area (Å²) in [5, 5.41) is 0. The minimum atomic E-state index is -3.05. The highest BCUT2D eigenvalue weighted by Gasteiger charge is 2.24. The van der Waals surface area contributed by atoms with E-state index in [2.05, 4.69) is 12.2 Å². The van der Waals surface area contributed by atoms with Crippen molar-refractivity contribution >= 4 is 41.5 Å². The molecule has 0 saturated heterocycles. The molecular formula is C15H24NO4PS2. The molecule has 1 rings (SSSR count). The molecule has 5 nitrogen and oxygen atoms in total. The van der Waals surface area contributed by atoms with Gasteiger partial charge < -0.3 is 14.2 Å². The molecule has 1 aromatic carbocycles. The molecule has 130 valence electrons. The molecule has 0 radical (unpaired) electrons. The Bertz CT molecular complexity index is 583. The van der Waals surface area contributed by atoms with E-state index < -0.39 is 17.4 Å². The van der Waals surface area contributed by atoms with Crippen molar-refractivity contribution < 1.29 is 18.9 Å². The van der Waals surface area contributed by atoms with Gasteiger partial charge in [0.25, 0.3) is 0 Å². The molecule has 8 heteroatoms. The van der Waals surface area contributed by atoms with Gasteiger partial charge in [-0.25, -0.2) is 4.79 Å². The zero-order chi connectivity index (χ0) is 17.7. The van der Waals surface area contributed by atoms with Gasteiger partial charge in [-0.1, -0.05) is 31.3 Å². The Morgan fingerprint density at radius 1 is 1.43 bits per heavy atom. The molecule has 1 N–H and O–H groups in total. The fourth-order valence-electron chi connectivity index (χ4n) is 1.84. The van der Waals surface area contributed by atoms with Gasteiger partial charge in [-0.3, -0.25) is 4.90 Å². The second-order valence-electron chi connectivity index (χ2n) is 5.98. The summed E-state index contributed by atoms with van der Waals surface area (Å²) in [6.45, 7) is 7.76. The molecule has 0 aliphatic rings. The van der Waals surface area contributed by atoms with Gasteiger partial charge in [-0.15, -0.1) is 0 Å². The van der Waals surface area contributed by atoms with Gasteiger partial charge in [-0.2, -0.15) is 0 Å². The Hall–Kier alpha value is -0.590. The van der Waals surface area contributed by atoms with Crippen LogP contribution in [0.15, 0.2) is 24.3 Å². The monoisotopic (exact) mass is 377 g/mol. The van der Waals surface area contributed by atoms with Crippen LogP contribution in [-0.2, 0) is 27.5 Å². The zero-order valence-electron chi connectivity index (χ0n) is 13.9. The predicted molar refractivity (Wildman–Crippen MR) is 101 cm³/mol. The Balaban J connectivity index is 2.95. The molecule has 0 spiro atoms. The summed E-state index contributed by atoms with van der Waals surface area (Å²) in [5.41, 5.74) is -1.83. The molecule has 23 heavy (non-hydrogen) atoms. The first-order valence-electron chi connectivity index (χ1n) is 7.31. The van der Waals surface area contributed by atoms with Crippen LogP contribution in [0.25, 0.3) is 0 Å². The van der Waals surface area contributed by atoms with Gasteiger partial charge in [0.1, 0.15) is 5.60 Å². The van der Waals surface area contributed by atoms with Gasteiger partial charge >= 0.3 is 6.09 Å². The lowest BCUT2D eigenvalue weighted by molar-refractivity contribution is 0.0575. The number of carbonyl (C=O) groups is 1. The minimum Gasteiger partial charge on any atom is -0.443 e. The van der Waals surface area contributed by atoms with Crippen LogP contribution < -0.4 is 4.90 Å². The van der Waals surface area contributed by atoms with Crippen LogP contribution in [0.1, 0.15) is 33.3 Å². The molecule has 0 saturated carbocycles. The number of anilines is 1. The highest BCUT2D eigenvalue weighted by atomic mass is 32.9. The maximum absolute atomic E-state index is 12.5. The lowest BCUT2D eigenvalue weighted by Gasteiger charge is -2.28. The molecule has 1 amide bonds. The van der Waals surface area contributed by atoms with Crippen molar-refractivity contribution in [2.75, 3.05) is 18.1 Å². The zero-order valence-corrected chi connectivity index (χ0v) is 16.5. The van der Waals surface area contributed by atoms with Crippen LogP contribution in [0.3, 0.4) is 0 Å². The number of ether oxygens (including phenoxy) is 1. The van der Waals surface area contributed by atoms with Crippen LogP contribution in [0, 0.1) is 0 Å². The molecule has 1 aromatic rings. The molecule has 1 unspecified atom stereocenters. The second kappa shape index (κ2) is 8.49. The topological polar surface area (TPSA) is 59.0 Å². The summed E-state index contributed by atoms with van der Waals surface area (Å²) in [6.07, 6.45) is 0.389. The number of hydrogen-bond acceptors (Lipinski definition) is 4. The van der Waals surface area contributed by atoms with Crippen molar-refractivity contribution in [1.29, 1.82) is 0 Å². The van der Waals surface area contributed by atoms with E-state index in [0.29, 0.717) is 5.69 Å². The maximum atomic E-state index is 12.5. The third-order valence-electron chi connectivity index (χ3n) is 2.82. The van der Waals surface area contributed by atoms with E-state index in [-0.39, 0.29) is 13.2 Å². The van der Waals surface area contributed by atoms with Crippen molar-refractivity contribution in [3.63, 3.8) is 0 Å². The summed E-state index contributed by atoms with van der Waals surface area (Å²) in [6, 6.07) is 7.65. The van der Waals surface area contributed by atoms with Gasteiger partial charge in [-0.05, 0) is 56.7 Å². The summed E-state index contributed by atoms with van der Waals surface area (Å²) in [7, 11) is 0. The van der Waals surface area contributed by atoms with Crippen molar-refractivity contribution in [3.05, 3.63) is 29.8 Å². The molecule has 0 bridgehead atoms. The van der Waals surface area contributed by atoms with E-state index in [1.165, 1.54) is 4.90 Å². The fraction of sp³-hybridized carbons (Fsp3) is 0.533. The molecule has 0 aliphatic carbocycles. The SMILES string of the molecule is CCc1cccc(N(CCOP(O)(=S)S)C(=O)OC(C)(C)C)c1. The third-order valence-corrected chi connectivity index (χ3v) is 4.00. The van der Waals surface area contributed by atoms with Crippen molar-refractivity contribution in [1.82, 2.24) is 0 Å². The number of benzene rings is 1. The molecule has 1 atom stereocenters. The standard InChI is InChI=1S/C15H24NO4PS2/c1-5-12-7-6-8-13(11-12)16(9-10-19-21(18,22)23)14(17)20-15(2,3)4/h6-8,11H,5,9-10H2,1-4H3,(H2,18,22,23). The van der Waals surface area contributed by atoms with Crippen LogP contribution >= 0.6 is 17.9 Å². The minimum absolute atomic E-state index is 0.0763. The van der Waals surface area contributed by atoms with Gasteiger partial charge in [0.05, 0.1) is 13.2 Å². The first kappa shape index (κ1) is 20.5. The van der Waals surface area contributed by atoms with E-state index in [9.17, 15) is 9.69 Å². The third kappa shape index (κ3) is 8.18. The fourth-order valence-corrected chi connectivity index (χ4v) is 2.63. The van der Waals surface area contributed by atoms with Gasteiger partial charge in [0.2, 0.25) is 5.69 Å². The van der Waals surface area contributed by atoms with E-state index in [1.54, 1.807) is 0 Å². The summed E-state index contributed by atoms with van der Waals surface area (Å²) in [5.74, 6) is 0. The van der Waals surface area contributed by atoms with Crippen molar-refractivity contribution in [2.24, 2.45) is 0 Å². The van der Waals surface area contributed by atoms with E-state index in [1.807, 2.05) is 52.0 Å². The molecule has 0 heterocycles. The second-order valence-corrected chi connectivity index (χ2v) is 11.1. The van der Waals surface area contributed by atoms with Crippen LogP contribution in [-0.4, -0.2) is 29.7 Å². The Morgan fingerprint density at radius 3 is 2.61 bits per heavy atom. The summed E-state index contributed by atoms with van der Waals surface area (Å²) >= 11 is 8.54.